The van der Waals surface area contributed by atoms with Gasteiger partial charge >= 0.3 is 5.43 Å². The van der Waals surface area contributed by atoms with Crippen LogP contribution >= 0.6 is 11.6 Å². The van der Waals surface area contributed by atoms with E-state index in [9.17, 15) is 13.6 Å². The molecule has 0 amide bonds. The first kappa shape index (κ1) is 10.9. The lowest BCUT2D eigenvalue weighted by Gasteiger charge is -2.10. The number of ether oxygens (including phenoxy) is 1. The zero-order chi connectivity index (χ0) is 10.7. The van der Waals surface area contributed by atoms with Crippen molar-refractivity contribution in [1.82, 2.24) is 0 Å². The van der Waals surface area contributed by atoms with Gasteiger partial charge in [0.15, 0.2) is 11.6 Å². The van der Waals surface area contributed by atoms with Crippen LogP contribution < -0.4 is 0 Å². The first-order chi connectivity index (χ1) is 6.50. The molecule has 0 spiro atoms. The van der Waals surface area contributed by atoms with Gasteiger partial charge in [0.2, 0.25) is 0 Å². The Kier molecular flexibility index (Phi) is 3.41. The minimum absolute atomic E-state index is 0.345. The Labute approximate surface area is 84.4 Å². The molecule has 0 heterocycles. The zero-order valence-corrected chi connectivity index (χ0v) is 8.02. The highest BCUT2D eigenvalue weighted by Crippen LogP contribution is 2.19. The third kappa shape index (κ3) is 2.67. The van der Waals surface area contributed by atoms with Crippen LogP contribution in [-0.4, -0.2) is 5.43 Å². The summed E-state index contributed by atoms with van der Waals surface area (Å²) in [6.07, 6.45) is -0.699. The summed E-state index contributed by atoms with van der Waals surface area (Å²) in [4.78, 5) is 10.4. The number of benzene rings is 1. The third-order valence-electron chi connectivity index (χ3n) is 1.68. The van der Waals surface area contributed by atoms with Gasteiger partial charge in [0.05, 0.1) is 0 Å². The number of hydrogen-bond donors (Lipinski definition) is 0. The maximum atomic E-state index is 12.7. The molecule has 5 heteroatoms. The zero-order valence-electron chi connectivity index (χ0n) is 7.26. The van der Waals surface area contributed by atoms with E-state index >= 15 is 0 Å². The molecule has 2 nitrogen and oxygen atoms in total. The minimum Gasteiger partial charge on any atom is -0.446 e. The van der Waals surface area contributed by atoms with Crippen molar-refractivity contribution in [3.63, 3.8) is 0 Å². The Balaban J connectivity index is 2.85. The molecule has 0 bridgehead atoms. The van der Waals surface area contributed by atoms with E-state index in [1.165, 1.54) is 13.0 Å². The van der Waals surface area contributed by atoms with Crippen LogP contribution in [0.25, 0.3) is 0 Å². The molecule has 0 radical (unpaired) electrons. The van der Waals surface area contributed by atoms with E-state index in [-0.39, 0.29) is 0 Å². The van der Waals surface area contributed by atoms with Crippen LogP contribution in [0.4, 0.5) is 13.6 Å². The SMILES string of the molecule is CC(OC(=O)Cl)c1ccc(F)c(F)c1. The van der Waals surface area contributed by atoms with Crippen LogP contribution in [0.2, 0.25) is 0 Å². The summed E-state index contributed by atoms with van der Waals surface area (Å²) in [6.45, 7) is 1.51. The molecule has 0 saturated heterocycles. The second-order valence-electron chi connectivity index (χ2n) is 2.67. The molecule has 0 aliphatic heterocycles. The highest BCUT2D eigenvalue weighted by molar-refractivity contribution is 6.61. The summed E-state index contributed by atoms with van der Waals surface area (Å²) >= 11 is 4.96. The summed E-state index contributed by atoms with van der Waals surface area (Å²) < 4.78 is 29.8. The van der Waals surface area contributed by atoms with Gasteiger partial charge in [-0.05, 0) is 24.6 Å². The van der Waals surface area contributed by atoms with Crippen molar-refractivity contribution in [3.8, 4) is 0 Å². The largest absolute Gasteiger partial charge is 0.446 e. The van der Waals surface area contributed by atoms with E-state index in [2.05, 4.69) is 4.74 Å². The molecule has 1 aromatic carbocycles. The van der Waals surface area contributed by atoms with E-state index in [1.807, 2.05) is 0 Å². The number of hydrogen-bond acceptors (Lipinski definition) is 2. The maximum Gasteiger partial charge on any atom is 0.404 e. The smallest absolute Gasteiger partial charge is 0.404 e. The summed E-state index contributed by atoms with van der Waals surface area (Å²) in [6, 6.07) is 3.24. The first-order valence-corrected chi connectivity index (χ1v) is 4.19. The molecular formula is C9H7ClF2O2. The van der Waals surface area contributed by atoms with E-state index in [4.69, 9.17) is 11.6 Å². The van der Waals surface area contributed by atoms with E-state index in [0.717, 1.165) is 12.1 Å². The summed E-state index contributed by atoms with van der Waals surface area (Å²) in [5, 5.41) is 0. The highest BCUT2D eigenvalue weighted by Gasteiger charge is 2.12. The Morgan fingerprint density at radius 2 is 2.07 bits per heavy atom. The van der Waals surface area contributed by atoms with Crippen molar-refractivity contribution in [2.24, 2.45) is 0 Å². The predicted molar refractivity (Wildman–Crippen MR) is 47.1 cm³/mol. The van der Waals surface area contributed by atoms with Gasteiger partial charge in [-0.25, -0.2) is 13.6 Å². The van der Waals surface area contributed by atoms with Crippen molar-refractivity contribution >= 4 is 17.0 Å². The monoisotopic (exact) mass is 220 g/mol. The molecule has 0 aliphatic rings. The normalized spacial score (nSPS) is 12.3. The molecule has 0 aliphatic carbocycles. The summed E-state index contributed by atoms with van der Waals surface area (Å²) in [7, 11) is 0. The van der Waals surface area contributed by atoms with Gasteiger partial charge in [0.1, 0.15) is 6.10 Å². The fourth-order valence-electron chi connectivity index (χ4n) is 0.972. The Bertz CT molecular complexity index is 355. The molecule has 1 atom stereocenters. The minimum atomic E-state index is -0.986. The topological polar surface area (TPSA) is 26.3 Å². The van der Waals surface area contributed by atoms with Gasteiger partial charge in [-0.1, -0.05) is 6.07 Å². The number of carbonyl (C=O) groups excluding carboxylic acids is 1. The Morgan fingerprint density at radius 1 is 1.43 bits per heavy atom. The predicted octanol–water partition coefficient (Wildman–Crippen LogP) is 3.40. The van der Waals surface area contributed by atoms with Crippen molar-refractivity contribution < 1.29 is 18.3 Å². The summed E-state index contributed by atoms with van der Waals surface area (Å²) in [5.41, 5.74) is -0.639. The van der Waals surface area contributed by atoms with Gasteiger partial charge in [-0.15, -0.1) is 0 Å². The van der Waals surface area contributed by atoms with Gasteiger partial charge in [0, 0.05) is 11.6 Å². The van der Waals surface area contributed by atoms with Gasteiger partial charge < -0.3 is 4.74 Å². The van der Waals surface area contributed by atoms with E-state index in [1.54, 1.807) is 0 Å². The standard InChI is InChI=1S/C9H7ClF2O2/c1-5(14-9(10)13)6-2-3-7(11)8(12)4-6/h2-5H,1H3. The Hall–Kier alpha value is -1.16. The fraction of sp³-hybridized carbons (Fsp3) is 0.222. The third-order valence-corrected chi connectivity index (χ3v) is 1.77. The second-order valence-corrected chi connectivity index (χ2v) is 2.98. The van der Waals surface area contributed by atoms with E-state index < -0.39 is 23.2 Å². The highest BCUT2D eigenvalue weighted by atomic mass is 35.5. The molecule has 1 unspecified atom stereocenters. The molecule has 76 valence electrons. The van der Waals surface area contributed by atoms with Crippen LogP contribution in [-0.2, 0) is 4.74 Å². The number of halogens is 3. The average Bonchev–Trinajstić information content (AvgIpc) is 2.08. The lowest BCUT2D eigenvalue weighted by molar-refractivity contribution is 0.132. The van der Waals surface area contributed by atoms with E-state index in [0.29, 0.717) is 5.56 Å². The van der Waals surface area contributed by atoms with Crippen molar-refractivity contribution in [3.05, 3.63) is 35.4 Å². The quantitative estimate of drug-likeness (QED) is 0.714. The first-order valence-electron chi connectivity index (χ1n) is 3.81. The lowest BCUT2D eigenvalue weighted by atomic mass is 10.1. The molecule has 1 aromatic rings. The van der Waals surface area contributed by atoms with Gasteiger partial charge in [0.25, 0.3) is 0 Å². The summed E-state index contributed by atoms with van der Waals surface area (Å²) in [5.74, 6) is -1.93. The average molecular weight is 221 g/mol. The van der Waals surface area contributed by atoms with Crippen LogP contribution in [0.15, 0.2) is 18.2 Å². The molecular weight excluding hydrogens is 214 g/mol. The molecule has 14 heavy (non-hydrogen) atoms. The lowest BCUT2D eigenvalue weighted by Crippen LogP contribution is -2.02. The fourth-order valence-corrected chi connectivity index (χ4v) is 1.11. The van der Waals surface area contributed by atoms with Gasteiger partial charge in [-0.2, -0.15) is 0 Å². The molecule has 0 aromatic heterocycles. The van der Waals surface area contributed by atoms with Crippen molar-refractivity contribution in [2.45, 2.75) is 13.0 Å². The van der Waals surface area contributed by atoms with Crippen LogP contribution in [0.5, 0.6) is 0 Å². The maximum absolute atomic E-state index is 12.7. The second kappa shape index (κ2) is 4.37. The van der Waals surface area contributed by atoms with Crippen LogP contribution in [0, 0.1) is 11.6 Å². The Morgan fingerprint density at radius 3 is 2.57 bits per heavy atom. The van der Waals surface area contributed by atoms with Crippen molar-refractivity contribution in [2.75, 3.05) is 0 Å². The van der Waals surface area contributed by atoms with Crippen molar-refractivity contribution in [1.29, 1.82) is 0 Å². The number of rotatable bonds is 2. The molecule has 0 saturated carbocycles. The van der Waals surface area contributed by atoms with Gasteiger partial charge in [-0.3, -0.25) is 0 Å². The van der Waals surface area contributed by atoms with Crippen LogP contribution in [0.3, 0.4) is 0 Å². The molecule has 1 rings (SSSR count). The van der Waals surface area contributed by atoms with Crippen LogP contribution in [0.1, 0.15) is 18.6 Å². The molecule has 0 fully saturated rings. The molecule has 0 N–H and O–H groups in total. The number of carbonyl (C=O) groups is 1.